The van der Waals surface area contributed by atoms with Crippen molar-refractivity contribution in [1.82, 2.24) is 10.2 Å². The number of carbonyl (C=O) groups excluding carboxylic acids is 2. The lowest BCUT2D eigenvalue weighted by Gasteiger charge is -2.33. The van der Waals surface area contributed by atoms with Gasteiger partial charge < -0.3 is 19.7 Å². The van der Waals surface area contributed by atoms with Gasteiger partial charge in [0.1, 0.15) is 25.8 Å². The second-order valence-electron chi connectivity index (χ2n) is 10.7. The van der Waals surface area contributed by atoms with Crippen LogP contribution in [0.3, 0.4) is 0 Å². The van der Waals surface area contributed by atoms with Gasteiger partial charge in [-0.3, -0.25) is 13.9 Å². The Morgan fingerprint density at radius 2 is 1.52 bits per heavy atom. The molecular formula is C32H37N3O6S. The summed E-state index contributed by atoms with van der Waals surface area (Å²) < 4.78 is 40.4. The molecule has 0 radical (unpaired) electrons. The van der Waals surface area contributed by atoms with Gasteiger partial charge in [0.25, 0.3) is 10.0 Å². The molecule has 2 aliphatic rings. The molecule has 1 N–H and O–H groups in total. The van der Waals surface area contributed by atoms with E-state index in [4.69, 9.17) is 9.47 Å². The fourth-order valence-corrected chi connectivity index (χ4v) is 6.79. The average molecular weight is 592 g/mol. The molecule has 1 heterocycles. The molecule has 222 valence electrons. The maximum absolute atomic E-state index is 14.1. The van der Waals surface area contributed by atoms with Crippen LogP contribution in [0.25, 0.3) is 0 Å². The summed E-state index contributed by atoms with van der Waals surface area (Å²) in [5.74, 6) is 0.162. The van der Waals surface area contributed by atoms with Crippen LogP contribution in [0.5, 0.6) is 11.5 Å². The average Bonchev–Trinajstić information content (AvgIpc) is 3.03. The molecule has 2 amide bonds. The number of benzene rings is 3. The van der Waals surface area contributed by atoms with Crippen molar-refractivity contribution in [3.63, 3.8) is 0 Å². The zero-order valence-corrected chi connectivity index (χ0v) is 24.6. The van der Waals surface area contributed by atoms with E-state index < -0.39 is 28.5 Å². The Bertz CT molecular complexity index is 1480. The van der Waals surface area contributed by atoms with Gasteiger partial charge in [0, 0.05) is 18.7 Å². The van der Waals surface area contributed by atoms with Crippen molar-refractivity contribution in [2.24, 2.45) is 0 Å². The first-order valence-electron chi connectivity index (χ1n) is 14.4. The van der Waals surface area contributed by atoms with E-state index in [0.29, 0.717) is 24.7 Å². The summed E-state index contributed by atoms with van der Waals surface area (Å²) in [5, 5.41) is 3.12. The minimum Gasteiger partial charge on any atom is -0.486 e. The standard InChI is InChI=1S/C32H37N3O6S/c1-24(32(37)33-26-13-7-3-8-14-26)34(22-25-11-5-2-6-12-25)31(36)23-35(42(38,39)28-15-9-4-10-16-28)27-17-18-29-30(21-27)41-20-19-40-29/h2,4-6,9-12,15-18,21,24,26H,3,7-8,13-14,19-20,22-23H2,1H3,(H,33,37)/t24-/m0/s1. The number of hydrogen-bond donors (Lipinski definition) is 1. The third-order valence-electron chi connectivity index (χ3n) is 7.74. The molecule has 10 heteroatoms. The van der Waals surface area contributed by atoms with E-state index in [9.17, 15) is 18.0 Å². The number of fused-ring (bicyclic) bond motifs is 1. The van der Waals surface area contributed by atoms with Crippen LogP contribution in [0, 0.1) is 0 Å². The van der Waals surface area contributed by atoms with Crippen molar-refractivity contribution < 1.29 is 27.5 Å². The highest BCUT2D eigenvalue weighted by molar-refractivity contribution is 7.92. The van der Waals surface area contributed by atoms with Gasteiger partial charge in [0.15, 0.2) is 11.5 Å². The highest BCUT2D eigenvalue weighted by Crippen LogP contribution is 2.36. The predicted octanol–water partition coefficient (Wildman–Crippen LogP) is 4.52. The molecule has 3 aromatic carbocycles. The van der Waals surface area contributed by atoms with Gasteiger partial charge in [-0.05, 0) is 49.6 Å². The number of rotatable bonds is 10. The maximum atomic E-state index is 14.1. The highest BCUT2D eigenvalue weighted by Gasteiger charge is 2.33. The zero-order valence-electron chi connectivity index (χ0n) is 23.8. The van der Waals surface area contributed by atoms with E-state index in [2.05, 4.69) is 5.32 Å². The van der Waals surface area contributed by atoms with E-state index >= 15 is 0 Å². The van der Waals surface area contributed by atoms with Crippen molar-refractivity contribution in [2.75, 3.05) is 24.1 Å². The van der Waals surface area contributed by atoms with Crippen LogP contribution in [0.2, 0.25) is 0 Å². The zero-order chi connectivity index (χ0) is 29.5. The van der Waals surface area contributed by atoms with E-state index in [1.54, 1.807) is 43.3 Å². The molecule has 9 nitrogen and oxygen atoms in total. The quantitative estimate of drug-likeness (QED) is 0.372. The van der Waals surface area contributed by atoms with E-state index in [0.717, 1.165) is 42.0 Å². The Hall–Kier alpha value is -4.05. The lowest BCUT2D eigenvalue weighted by atomic mass is 9.95. The Labute approximate surface area is 247 Å². The van der Waals surface area contributed by atoms with Gasteiger partial charge in [-0.1, -0.05) is 67.8 Å². The summed E-state index contributed by atoms with van der Waals surface area (Å²) in [4.78, 5) is 29.0. The fourth-order valence-electron chi connectivity index (χ4n) is 5.37. The Morgan fingerprint density at radius 1 is 0.881 bits per heavy atom. The number of amides is 2. The highest BCUT2D eigenvalue weighted by atomic mass is 32.2. The van der Waals surface area contributed by atoms with Crippen molar-refractivity contribution in [2.45, 2.75) is 62.6 Å². The van der Waals surface area contributed by atoms with Crippen LogP contribution in [0.1, 0.15) is 44.6 Å². The number of anilines is 1. The molecule has 1 aliphatic heterocycles. The van der Waals surface area contributed by atoms with E-state index in [1.807, 2.05) is 30.3 Å². The normalized spacial score (nSPS) is 15.8. The molecular weight excluding hydrogens is 554 g/mol. The van der Waals surface area contributed by atoms with E-state index in [1.165, 1.54) is 17.0 Å². The summed E-state index contributed by atoms with van der Waals surface area (Å²) in [7, 11) is -4.16. The maximum Gasteiger partial charge on any atom is 0.264 e. The minimum atomic E-state index is -4.16. The first kappa shape index (κ1) is 29.4. The van der Waals surface area contributed by atoms with Crippen LogP contribution in [0.15, 0.2) is 83.8 Å². The molecule has 5 rings (SSSR count). The van der Waals surface area contributed by atoms with Crippen LogP contribution < -0.4 is 19.1 Å². The summed E-state index contributed by atoms with van der Waals surface area (Å²) in [5.41, 5.74) is 1.09. The van der Waals surface area contributed by atoms with E-state index in [-0.39, 0.29) is 29.1 Å². The molecule has 1 saturated carbocycles. The summed E-state index contributed by atoms with van der Waals surface area (Å²) in [6.45, 7) is 2.06. The molecule has 1 aliphatic carbocycles. The van der Waals surface area contributed by atoms with Crippen LogP contribution >= 0.6 is 0 Å². The lowest BCUT2D eigenvalue weighted by molar-refractivity contribution is -0.139. The number of nitrogens with one attached hydrogen (secondary N) is 1. The third-order valence-corrected chi connectivity index (χ3v) is 9.53. The minimum absolute atomic E-state index is 0.0467. The molecule has 0 unspecified atom stereocenters. The molecule has 0 bridgehead atoms. The van der Waals surface area contributed by atoms with Gasteiger partial charge in [-0.25, -0.2) is 8.42 Å². The van der Waals surface area contributed by atoms with Gasteiger partial charge >= 0.3 is 0 Å². The SMILES string of the molecule is C[C@@H](C(=O)NC1CCCCC1)N(Cc1ccccc1)C(=O)CN(c1ccc2c(c1)OCCO2)S(=O)(=O)c1ccccc1. The monoisotopic (exact) mass is 591 g/mol. The fraction of sp³-hybridized carbons (Fsp3) is 0.375. The first-order valence-corrected chi connectivity index (χ1v) is 15.9. The molecule has 1 atom stereocenters. The first-order chi connectivity index (χ1) is 20.3. The molecule has 0 aromatic heterocycles. The van der Waals surface area contributed by atoms with Crippen molar-refractivity contribution in [1.29, 1.82) is 0 Å². The Balaban J connectivity index is 1.47. The van der Waals surface area contributed by atoms with Gasteiger partial charge in [-0.15, -0.1) is 0 Å². The molecule has 1 fully saturated rings. The summed E-state index contributed by atoms with van der Waals surface area (Å²) in [6, 6.07) is 21.4. The molecule has 0 saturated heterocycles. The lowest BCUT2D eigenvalue weighted by Crippen LogP contribution is -2.53. The molecule has 0 spiro atoms. The van der Waals surface area contributed by atoms with Crippen molar-refractivity contribution in [3.8, 4) is 11.5 Å². The largest absolute Gasteiger partial charge is 0.486 e. The number of sulfonamides is 1. The number of nitrogens with zero attached hydrogens (tertiary/aromatic N) is 2. The second kappa shape index (κ2) is 13.3. The van der Waals surface area contributed by atoms with Gasteiger partial charge in [0.2, 0.25) is 11.8 Å². The predicted molar refractivity (Wildman–Crippen MR) is 160 cm³/mol. The number of carbonyl (C=O) groups is 2. The molecule has 42 heavy (non-hydrogen) atoms. The second-order valence-corrected chi connectivity index (χ2v) is 12.5. The number of hydrogen-bond acceptors (Lipinski definition) is 6. The summed E-state index contributed by atoms with van der Waals surface area (Å²) >= 11 is 0. The number of ether oxygens (including phenoxy) is 2. The Morgan fingerprint density at radius 3 is 2.21 bits per heavy atom. The molecule has 3 aromatic rings. The van der Waals surface area contributed by atoms with Crippen molar-refractivity contribution >= 4 is 27.5 Å². The third kappa shape index (κ3) is 6.87. The summed E-state index contributed by atoms with van der Waals surface area (Å²) in [6.07, 6.45) is 5.12. The van der Waals surface area contributed by atoms with Gasteiger partial charge in [-0.2, -0.15) is 0 Å². The van der Waals surface area contributed by atoms with Crippen LogP contribution in [-0.4, -0.2) is 57.0 Å². The smallest absolute Gasteiger partial charge is 0.264 e. The van der Waals surface area contributed by atoms with Crippen molar-refractivity contribution in [3.05, 3.63) is 84.4 Å². The topological polar surface area (TPSA) is 105 Å². The Kier molecular flexibility index (Phi) is 9.31. The van der Waals surface area contributed by atoms with Crippen LogP contribution in [-0.2, 0) is 26.2 Å². The van der Waals surface area contributed by atoms with Gasteiger partial charge in [0.05, 0.1) is 10.6 Å². The van der Waals surface area contributed by atoms with Crippen LogP contribution in [0.4, 0.5) is 5.69 Å².